The van der Waals surface area contributed by atoms with E-state index in [9.17, 15) is 9.90 Å². The highest BCUT2D eigenvalue weighted by atomic mass is 16.7. The van der Waals surface area contributed by atoms with Gasteiger partial charge in [-0.15, -0.1) is 0 Å². The molecule has 0 spiro atoms. The molecule has 2 fully saturated rings. The average molecular weight is 629 g/mol. The molecule has 2 aliphatic heterocycles. The number of nitrogens with zero attached hydrogens (tertiary/aromatic N) is 3. The third-order valence-corrected chi connectivity index (χ3v) is 9.10. The van der Waals surface area contributed by atoms with Crippen LogP contribution in [-0.2, 0) is 22.6 Å². The zero-order valence-corrected chi connectivity index (χ0v) is 26.4. The predicted molar refractivity (Wildman–Crippen MR) is 181 cm³/mol. The fourth-order valence-electron chi connectivity index (χ4n) is 6.50. The van der Waals surface area contributed by atoms with E-state index in [0.717, 1.165) is 65.0 Å². The summed E-state index contributed by atoms with van der Waals surface area (Å²) in [5.41, 5.74) is 7.84. The molecule has 7 rings (SSSR count). The van der Waals surface area contributed by atoms with Crippen LogP contribution in [0.2, 0.25) is 0 Å². The molecule has 4 aromatic carbocycles. The number of hydrogen-bond donors (Lipinski definition) is 2. The van der Waals surface area contributed by atoms with Gasteiger partial charge in [0.05, 0.1) is 36.0 Å². The minimum absolute atomic E-state index is 0.0273. The van der Waals surface area contributed by atoms with Gasteiger partial charge in [-0.2, -0.15) is 0 Å². The van der Waals surface area contributed by atoms with E-state index in [1.54, 1.807) is 0 Å². The number of piperidine rings is 1. The lowest BCUT2D eigenvalue weighted by molar-refractivity contribution is -0.253. The minimum Gasteiger partial charge on any atom is -0.392 e. The molecule has 3 heterocycles. The molecule has 0 unspecified atom stereocenters. The van der Waals surface area contributed by atoms with Crippen molar-refractivity contribution in [3.8, 4) is 11.1 Å². The smallest absolute Gasteiger partial charge is 0.271 e. The van der Waals surface area contributed by atoms with Crippen molar-refractivity contribution in [1.29, 1.82) is 0 Å². The molecule has 0 bridgehead atoms. The second-order valence-electron chi connectivity index (χ2n) is 12.5. The van der Waals surface area contributed by atoms with Gasteiger partial charge >= 0.3 is 0 Å². The molecule has 47 heavy (non-hydrogen) atoms. The molecule has 240 valence electrons. The maximum atomic E-state index is 12.8. The van der Waals surface area contributed by atoms with Gasteiger partial charge in [0.1, 0.15) is 5.69 Å². The van der Waals surface area contributed by atoms with Crippen LogP contribution in [0.4, 0.5) is 0 Å². The molecule has 0 radical (unpaired) electrons. The normalized spacial score (nSPS) is 20.2. The van der Waals surface area contributed by atoms with E-state index in [2.05, 4.69) is 68.7 Å². The molecule has 0 aliphatic carbocycles. The Bertz CT molecular complexity index is 1800. The second kappa shape index (κ2) is 14.5. The minimum atomic E-state index is -0.477. The number of aliphatic hydroxyl groups is 1. The summed E-state index contributed by atoms with van der Waals surface area (Å²) in [5, 5.41) is 12.5. The van der Waals surface area contributed by atoms with Crippen LogP contribution in [-0.4, -0.2) is 51.6 Å². The summed E-state index contributed by atoms with van der Waals surface area (Å²) >= 11 is 0. The molecule has 8 nitrogen and oxygen atoms in total. The van der Waals surface area contributed by atoms with Crippen LogP contribution in [0.5, 0.6) is 0 Å². The summed E-state index contributed by atoms with van der Waals surface area (Å²) in [4.78, 5) is 24.2. The van der Waals surface area contributed by atoms with E-state index in [-0.39, 0.29) is 24.7 Å². The highest BCUT2D eigenvalue weighted by Crippen LogP contribution is 2.39. The highest BCUT2D eigenvalue weighted by molar-refractivity contribution is 5.93. The molecule has 2 N–H and O–H groups in total. The Balaban J connectivity index is 1.03. The lowest BCUT2D eigenvalue weighted by Gasteiger charge is -2.39. The molecule has 2 saturated heterocycles. The van der Waals surface area contributed by atoms with Crippen LogP contribution in [0.3, 0.4) is 0 Å². The fraction of sp³-hybridized carbons (Fsp3) is 0.308. The Morgan fingerprint density at radius 1 is 0.809 bits per heavy atom. The Morgan fingerprint density at radius 2 is 1.57 bits per heavy atom. The molecular formula is C39H40N4O4. The van der Waals surface area contributed by atoms with E-state index < -0.39 is 6.29 Å². The number of nitrogens with one attached hydrogen (secondary N) is 1. The van der Waals surface area contributed by atoms with E-state index in [1.165, 1.54) is 25.5 Å². The third-order valence-electron chi connectivity index (χ3n) is 9.10. The van der Waals surface area contributed by atoms with E-state index >= 15 is 0 Å². The Morgan fingerprint density at radius 3 is 2.36 bits per heavy atom. The van der Waals surface area contributed by atoms with Crippen molar-refractivity contribution in [2.24, 2.45) is 0 Å². The second-order valence-corrected chi connectivity index (χ2v) is 12.5. The average Bonchev–Trinajstić information content (AvgIpc) is 3.14. The van der Waals surface area contributed by atoms with Gasteiger partial charge in [-0.3, -0.25) is 9.78 Å². The summed E-state index contributed by atoms with van der Waals surface area (Å²) in [6, 6.07) is 32.1. The number of carbonyl (C=O) groups excluding carboxylic acids is 1. The first-order valence-electron chi connectivity index (χ1n) is 16.5. The number of rotatable bonds is 9. The number of aromatic nitrogens is 2. The van der Waals surface area contributed by atoms with Crippen molar-refractivity contribution in [3.63, 3.8) is 0 Å². The van der Waals surface area contributed by atoms with Gasteiger partial charge in [0.25, 0.3) is 5.91 Å². The number of amides is 1. The van der Waals surface area contributed by atoms with Crippen molar-refractivity contribution in [1.82, 2.24) is 20.2 Å². The van der Waals surface area contributed by atoms with Crippen LogP contribution in [0.25, 0.3) is 22.2 Å². The van der Waals surface area contributed by atoms with Crippen molar-refractivity contribution in [2.75, 3.05) is 19.6 Å². The topological polar surface area (TPSA) is 96.8 Å². The largest absolute Gasteiger partial charge is 0.392 e. The van der Waals surface area contributed by atoms with Crippen molar-refractivity contribution < 1.29 is 19.4 Å². The van der Waals surface area contributed by atoms with Crippen molar-refractivity contribution >= 4 is 16.9 Å². The standard InChI is InChI=1S/C39H40N4O4/c44-26-27-11-13-30(14-12-27)37-22-33(25-43-19-4-1-5-20-43)46-39(47-37)31-17-15-29(16-18-31)32-8-6-7-28(21-32)23-41-38(45)36-24-40-34-9-2-3-10-35(34)42-36/h2-3,6-18,21,24,33,37,39,44H,1,4-5,19-20,22-23,25-26H2,(H,41,45)/t33-,37+,39+/m0/s1. The fourth-order valence-corrected chi connectivity index (χ4v) is 6.50. The molecule has 0 saturated carbocycles. The SMILES string of the molecule is O=C(NCc1cccc(-c2ccc([C@@H]3O[C@H](CN4CCCCC4)C[C@H](c4ccc(CO)cc4)O3)cc2)c1)c1cnc2ccccc2n1. The third kappa shape index (κ3) is 7.58. The van der Waals surface area contributed by atoms with Gasteiger partial charge in [-0.25, -0.2) is 4.98 Å². The lowest BCUT2D eigenvalue weighted by atomic mass is 9.98. The van der Waals surface area contributed by atoms with Crippen molar-refractivity contribution in [2.45, 2.75) is 57.3 Å². The first kappa shape index (κ1) is 31.1. The quantitative estimate of drug-likeness (QED) is 0.186. The molecule has 1 aromatic heterocycles. The molecule has 5 aromatic rings. The van der Waals surface area contributed by atoms with Crippen LogP contribution in [0, 0.1) is 0 Å². The summed E-state index contributed by atoms with van der Waals surface area (Å²) in [7, 11) is 0. The molecule has 1 amide bonds. The predicted octanol–water partition coefficient (Wildman–Crippen LogP) is 6.75. The van der Waals surface area contributed by atoms with Gasteiger partial charge in [-0.05, 0) is 71.9 Å². The van der Waals surface area contributed by atoms with Crippen LogP contribution < -0.4 is 5.32 Å². The molecule has 2 aliphatic rings. The number of para-hydroxylation sites is 2. The zero-order valence-electron chi connectivity index (χ0n) is 26.4. The zero-order chi connectivity index (χ0) is 32.0. The summed E-state index contributed by atoms with van der Waals surface area (Å²) in [6.45, 7) is 3.55. The van der Waals surface area contributed by atoms with Gasteiger partial charge in [0, 0.05) is 25.1 Å². The highest BCUT2D eigenvalue weighted by Gasteiger charge is 2.33. The van der Waals surface area contributed by atoms with E-state index in [4.69, 9.17) is 9.47 Å². The van der Waals surface area contributed by atoms with Crippen LogP contribution in [0.1, 0.15) is 70.8 Å². The van der Waals surface area contributed by atoms with Gasteiger partial charge in [0.2, 0.25) is 0 Å². The summed E-state index contributed by atoms with van der Waals surface area (Å²) in [5.74, 6) is -0.258. The molecule has 8 heteroatoms. The first-order valence-corrected chi connectivity index (χ1v) is 16.5. The Kier molecular flexibility index (Phi) is 9.63. The molecule has 3 atom stereocenters. The van der Waals surface area contributed by atoms with Gasteiger partial charge in [-0.1, -0.05) is 85.3 Å². The number of aliphatic hydroxyl groups excluding tert-OH is 1. The van der Waals surface area contributed by atoms with Crippen molar-refractivity contribution in [3.05, 3.63) is 131 Å². The monoisotopic (exact) mass is 628 g/mol. The molecular weight excluding hydrogens is 588 g/mol. The van der Waals surface area contributed by atoms with Crippen LogP contribution in [0.15, 0.2) is 103 Å². The van der Waals surface area contributed by atoms with Crippen LogP contribution >= 0.6 is 0 Å². The Hall–Kier alpha value is -4.47. The van der Waals surface area contributed by atoms with E-state index in [0.29, 0.717) is 17.8 Å². The summed E-state index contributed by atoms with van der Waals surface area (Å²) in [6.07, 6.45) is 5.58. The number of benzene rings is 4. The number of likely N-dealkylation sites (tertiary alicyclic amines) is 1. The maximum absolute atomic E-state index is 12.8. The summed E-state index contributed by atoms with van der Waals surface area (Å²) < 4.78 is 13.2. The van der Waals surface area contributed by atoms with Gasteiger partial charge in [0.15, 0.2) is 6.29 Å². The first-order chi connectivity index (χ1) is 23.1. The number of carbonyl (C=O) groups is 1. The van der Waals surface area contributed by atoms with Gasteiger partial charge < -0.3 is 24.8 Å². The maximum Gasteiger partial charge on any atom is 0.271 e. The van der Waals surface area contributed by atoms with E-state index in [1.807, 2.05) is 48.5 Å². The number of ether oxygens (including phenoxy) is 2. The number of fused-ring (bicyclic) bond motifs is 1. The lowest BCUT2D eigenvalue weighted by Crippen LogP contribution is -2.41. The Labute approximate surface area is 275 Å². The number of hydrogen-bond acceptors (Lipinski definition) is 7.